The number of benzene rings is 1. The highest BCUT2D eigenvalue weighted by Gasteiger charge is 2.30. The van der Waals surface area contributed by atoms with Gasteiger partial charge in [-0.1, -0.05) is 20.8 Å². The molecule has 2 rings (SSSR count). The lowest BCUT2D eigenvalue weighted by Crippen LogP contribution is -2.11. The van der Waals surface area contributed by atoms with E-state index in [1.54, 1.807) is 0 Å². The first-order chi connectivity index (χ1) is 8.68. The van der Waals surface area contributed by atoms with E-state index >= 15 is 0 Å². The molecule has 0 spiro atoms. The van der Waals surface area contributed by atoms with Crippen LogP contribution in [0, 0.1) is 0 Å². The summed E-state index contributed by atoms with van der Waals surface area (Å²) in [5, 5.41) is 7.74. The van der Waals surface area contributed by atoms with Crippen molar-refractivity contribution in [3.63, 3.8) is 0 Å². The van der Waals surface area contributed by atoms with Gasteiger partial charge in [-0.2, -0.15) is 13.2 Å². The van der Waals surface area contributed by atoms with Crippen LogP contribution in [-0.4, -0.2) is 10.2 Å². The Morgan fingerprint density at radius 1 is 0.947 bits per heavy atom. The first-order valence-electron chi connectivity index (χ1n) is 5.69. The highest BCUT2D eigenvalue weighted by atomic mass is 19.4. The van der Waals surface area contributed by atoms with E-state index in [2.05, 4.69) is 10.2 Å². The van der Waals surface area contributed by atoms with Crippen LogP contribution in [0.4, 0.5) is 13.2 Å². The molecule has 0 radical (unpaired) electrons. The van der Waals surface area contributed by atoms with Crippen molar-refractivity contribution in [3.05, 3.63) is 35.7 Å². The highest BCUT2D eigenvalue weighted by Crippen LogP contribution is 2.31. The van der Waals surface area contributed by atoms with E-state index in [0.29, 0.717) is 11.5 Å². The number of aromatic nitrogens is 2. The van der Waals surface area contributed by atoms with E-state index in [1.165, 1.54) is 12.1 Å². The van der Waals surface area contributed by atoms with Gasteiger partial charge in [-0.3, -0.25) is 0 Å². The third kappa shape index (κ3) is 2.94. The fourth-order valence-corrected chi connectivity index (χ4v) is 1.44. The van der Waals surface area contributed by atoms with Crippen LogP contribution in [0.5, 0.6) is 0 Å². The van der Waals surface area contributed by atoms with Crippen LogP contribution in [0.1, 0.15) is 32.2 Å². The summed E-state index contributed by atoms with van der Waals surface area (Å²) in [7, 11) is 0. The first kappa shape index (κ1) is 13.6. The molecule has 0 aliphatic rings. The average Bonchev–Trinajstić information content (AvgIpc) is 2.77. The van der Waals surface area contributed by atoms with Crippen molar-refractivity contribution in [3.8, 4) is 11.5 Å². The van der Waals surface area contributed by atoms with Crippen LogP contribution < -0.4 is 0 Å². The van der Waals surface area contributed by atoms with E-state index in [0.717, 1.165) is 12.1 Å². The van der Waals surface area contributed by atoms with Gasteiger partial charge in [0.15, 0.2) is 0 Å². The topological polar surface area (TPSA) is 38.9 Å². The zero-order valence-electron chi connectivity index (χ0n) is 10.7. The number of hydrogen-bond acceptors (Lipinski definition) is 3. The van der Waals surface area contributed by atoms with Crippen LogP contribution in [0.2, 0.25) is 0 Å². The first-order valence-corrected chi connectivity index (χ1v) is 5.69. The van der Waals surface area contributed by atoms with Gasteiger partial charge in [-0.15, -0.1) is 10.2 Å². The lowest BCUT2D eigenvalue weighted by atomic mass is 9.97. The Kier molecular flexibility index (Phi) is 3.12. The Morgan fingerprint density at radius 3 is 1.95 bits per heavy atom. The molecule has 3 nitrogen and oxygen atoms in total. The predicted molar refractivity (Wildman–Crippen MR) is 63.4 cm³/mol. The summed E-state index contributed by atoms with van der Waals surface area (Å²) in [6, 6.07) is 4.64. The summed E-state index contributed by atoms with van der Waals surface area (Å²) in [5.74, 6) is 0.668. The van der Waals surface area contributed by atoms with Crippen molar-refractivity contribution in [2.75, 3.05) is 0 Å². The molecule has 0 amide bonds. The molecule has 0 atom stereocenters. The summed E-state index contributed by atoms with van der Waals surface area (Å²) in [6.07, 6.45) is -4.34. The van der Waals surface area contributed by atoms with Crippen LogP contribution in [0.15, 0.2) is 28.7 Å². The predicted octanol–water partition coefficient (Wildman–Crippen LogP) is 4.05. The zero-order chi connectivity index (χ0) is 14.3. The molecule has 2 aromatic rings. The van der Waals surface area contributed by atoms with Gasteiger partial charge in [-0.05, 0) is 24.3 Å². The smallest absolute Gasteiger partial charge is 0.416 e. The fraction of sp³-hybridized carbons (Fsp3) is 0.385. The van der Waals surface area contributed by atoms with E-state index in [-0.39, 0.29) is 11.3 Å². The van der Waals surface area contributed by atoms with Crippen LogP contribution in [0.3, 0.4) is 0 Å². The fourth-order valence-electron chi connectivity index (χ4n) is 1.44. The lowest BCUT2D eigenvalue weighted by Gasteiger charge is -2.11. The molecule has 0 aliphatic heterocycles. The third-order valence-corrected chi connectivity index (χ3v) is 2.53. The van der Waals surface area contributed by atoms with Gasteiger partial charge in [-0.25, -0.2) is 0 Å². The Morgan fingerprint density at radius 2 is 1.53 bits per heavy atom. The molecule has 1 aromatic heterocycles. The van der Waals surface area contributed by atoms with E-state index in [4.69, 9.17) is 4.42 Å². The Bertz CT molecular complexity index is 565. The molecule has 0 saturated carbocycles. The van der Waals surface area contributed by atoms with Gasteiger partial charge < -0.3 is 4.42 Å². The summed E-state index contributed by atoms with van der Waals surface area (Å²) in [5.41, 5.74) is -0.528. The zero-order valence-corrected chi connectivity index (χ0v) is 10.7. The second-order valence-electron chi connectivity index (χ2n) is 5.24. The van der Waals surface area contributed by atoms with Crippen molar-refractivity contribution in [2.45, 2.75) is 32.4 Å². The minimum Gasteiger partial charge on any atom is -0.420 e. The summed E-state index contributed by atoms with van der Waals surface area (Å²) in [6.45, 7) is 5.74. The summed E-state index contributed by atoms with van der Waals surface area (Å²) in [4.78, 5) is 0. The molecule has 102 valence electrons. The van der Waals surface area contributed by atoms with Crippen LogP contribution in [0.25, 0.3) is 11.5 Å². The highest BCUT2D eigenvalue weighted by molar-refractivity contribution is 5.53. The molecule has 1 aromatic carbocycles. The molecule has 0 N–H and O–H groups in total. The van der Waals surface area contributed by atoms with Crippen molar-refractivity contribution in [1.29, 1.82) is 0 Å². The van der Waals surface area contributed by atoms with Gasteiger partial charge in [0, 0.05) is 11.0 Å². The Balaban J connectivity index is 2.31. The minimum absolute atomic E-state index is 0.221. The van der Waals surface area contributed by atoms with Crippen molar-refractivity contribution >= 4 is 0 Å². The molecule has 0 saturated heterocycles. The van der Waals surface area contributed by atoms with Crippen molar-refractivity contribution in [2.24, 2.45) is 0 Å². The SMILES string of the molecule is CC(C)(C)c1nnc(-c2ccc(C(F)(F)F)cc2)o1. The minimum atomic E-state index is -4.34. The maximum atomic E-state index is 12.4. The number of nitrogens with zero attached hydrogens (tertiary/aromatic N) is 2. The molecule has 0 bridgehead atoms. The largest absolute Gasteiger partial charge is 0.420 e. The molecular formula is C13H13F3N2O. The van der Waals surface area contributed by atoms with Crippen molar-refractivity contribution in [1.82, 2.24) is 10.2 Å². The van der Waals surface area contributed by atoms with Crippen LogP contribution in [-0.2, 0) is 11.6 Å². The second kappa shape index (κ2) is 4.36. The van der Waals surface area contributed by atoms with Gasteiger partial charge in [0.1, 0.15) is 0 Å². The molecule has 19 heavy (non-hydrogen) atoms. The molecular weight excluding hydrogens is 257 g/mol. The Hall–Kier alpha value is -1.85. The van der Waals surface area contributed by atoms with Gasteiger partial charge >= 0.3 is 6.18 Å². The van der Waals surface area contributed by atoms with Gasteiger partial charge in [0.2, 0.25) is 11.8 Å². The summed E-state index contributed by atoms with van der Waals surface area (Å²) >= 11 is 0. The maximum Gasteiger partial charge on any atom is 0.416 e. The number of halogens is 3. The van der Waals surface area contributed by atoms with E-state index in [1.807, 2.05) is 20.8 Å². The molecule has 6 heteroatoms. The summed E-state index contributed by atoms with van der Waals surface area (Å²) < 4.78 is 42.7. The third-order valence-electron chi connectivity index (χ3n) is 2.53. The molecule has 0 fully saturated rings. The number of hydrogen-bond donors (Lipinski definition) is 0. The van der Waals surface area contributed by atoms with Crippen LogP contribution >= 0.6 is 0 Å². The second-order valence-corrected chi connectivity index (χ2v) is 5.24. The standard InChI is InChI=1S/C13H13F3N2O/c1-12(2,3)11-18-17-10(19-11)8-4-6-9(7-5-8)13(14,15)16/h4-7H,1-3H3. The Labute approximate surface area is 108 Å². The van der Waals surface area contributed by atoms with Gasteiger partial charge in [0.05, 0.1) is 5.56 Å². The number of alkyl halides is 3. The quantitative estimate of drug-likeness (QED) is 0.784. The van der Waals surface area contributed by atoms with E-state index < -0.39 is 11.7 Å². The molecule has 1 heterocycles. The normalized spacial score (nSPS) is 12.7. The maximum absolute atomic E-state index is 12.4. The monoisotopic (exact) mass is 270 g/mol. The van der Waals surface area contributed by atoms with E-state index in [9.17, 15) is 13.2 Å². The average molecular weight is 270 g/mol. The molecule has 0 aliphatic carbocycles. The van der Waals surface area contributed by atoms with Gasteiger partial charge in [0.25, 0.3) is 0 Å². The van der Waals surface area contributed by atoms with Crippen molar-refractivity contribution < 1.29 is 17.6 Å². The molecule has 0 unspecified atom stereocenters. The lowest BCUT2D eigenvalue weighted by molar-refractivity contribution is -0.137. The number of rotatable bonds is 1.